The molecule has 0 fully saturated rings. The number of furan rings is 1. The van der Waals surface area contributed by atoms with E-state index in [4.69, 9.17) is 14.7 Å². The van der Waals surface area contributed by atoms with Gasteiger partial charge < -0.3 is 20.0 Å². The monoisotopic (exact) mass is 289 g/mol. The van der Waals surface area contributed by atoms with E-state index in [0.29, 0.717) is 11.5 Å². The van der Waals surface area contributed by atoms with Gasteiger partial charge in [0.1, 0.15) is 17.0 Å². The van der Waals surface area contributed by atoms with Crippen LogP contribution in [0.15, 0.2) is 44.8 Å². The lowest BCUT2D eigenvalue weighted by atomic mass is 10.2. The van der Waals surface area contributed by atoms with Crippen molar-refractivity contribution in [3.63, 3.8) is 0 Å². The fraction of sp³-hybridized carbons (Fsp3) is 0.0769. The fourth-order valence-corrected chi connectivity index (χ4v) is 2.48. The number of hydrogen-bond acceptors (Lipinski definition) is 6. The molecule has 0 aliphatic carbocycles. The Morgan fingerprint density at radius 1 is 1.40 bits per heavy atom. The molecule has 102 valence electrons. The number of nitrogens with two attached hydrogens (primary N) is 1. The Hall–Kier alpha value is -2.54. The molecule has 3 aromatic heterocycles. The van der Waals surface area contributed by atoms with Gasteiger partial charge in [0.2, 0.25) is 5.88 Å². The van der Waals surface area contributed by atoms with Crippen LogP contribution in [0.2, 0.25) is 0 Å². The van der Waals surface area contributed by atoms with Crippen molar-refractivity contribution in [2.24, 2.45) is 0 Å². The first-order valence-corrected chi connectivity index (χ1v) is 6.73. The van der Waals surface area contributed by atoms with Gasteiger partial charge >= 0.3 is 0 Å². The van der Waals surface area contributed by atoms with E-state index in [1.54, 1.807) is 18.4 Å². The van der Waals surface area contributed by atoms with Crippen molar-refractivity contribution < 1.29 is 13.7 Å². The van der Waals surface area contributed by atoms with Gasteiger partial charge in [0.05, 0.1) is 17.7 Å². The Balaban J connectivity index is 1.82. The number of anilines is 1. The summed E-state index contributed by atoms with van der Waals surface area (Å²) in [5.74, 6) is 0.319. The van der Waals surface area contributed by atoms with Gasteiger partial charge in [0.15, 0.2) is 0 Å². The van der Waals surface area contributed by atoms with Gasteiger partial charge in [0.25, 0.3) is 5.91 Å². The molecule has 3 N–H and O–H groups in total. The smallest absolute Gasteiger partial charge is 0.259 e. The molecule has 6 nitrogen and oxygen atoms in total. The molecule has 0 saturated carbocycles. The van der Waals surface area contributed by atoms with Gasteiger partial charge in [-0.2, -0.15) is 0 Å². The molecule has 0 aliphatic heterocycles. The minimum Gasteiger partial charge on any atom is -0.467 e. The third-order valence-electron chi connectivity index (χ3n) is 2.70. The Morgan fingerprint density at radius 2 is 2.30 bits per heavy atom. The van der Waals surface area contributed by atoms with Crippen LogP contribution >= 0.6 is 11.3 Å². The molecule has 3 rings (SSSR count). The Labute approximate surface area is 118 Å². The zero-order valence-corrected chi connectivity index (χ0v) is 11.1. The van der Waals surface area contributed by atoms with Crippen LogP contribution in [0.25, 0.3) is 10.6 Å². The van der Waals surface area contributed by atoms with Crippen molar-refractivity contribution in [2.45, 2.75) is 6.54 Å². The zero-order valence-electron chi connectivity index (χ0n) is 10.3. The maximum Gasteiger partial charge on any atom is 0.259 e. The van der Waals surface area contributed by atoms with Crippen molar-refractivity contribution in [3.8, 4) is 10.6 Å². The Morgan fingerprint density at radius 3 is 3.00 bits per heavy atom. The number of amides is 1. The number of rotatable bonds is 4. The molecular formula is C13H11N3O3S. The summed E-state index contributed by atoms with van der Waals surface area (Å²) in [7, 11) is 0. The number of carbonyl (C=O) groups excluding carboxylic acids is 1. The third kappa shape index (κ3) is 2.30. The average molecular weight is 289 g/mol. The van der Waals surface area contributed by atoms with Crippen LogP contribution in [0.4, 0.5) is 5.88 Å². The second-order valence-corrected chi connectivity index (χ2v) is 4.96. The van der Waals surface area contributed by atoms with E-state index < -0.39 is 0 Å². The van der Waals surface area contributed by atoms with E-state index in [-0.39, 0.29) is 23.9 Å². The first-order chi connectivity index (χ1) is 9.75. The third-order valence-corrected chi connectivity index (χ3v) is 3.58. The Bertz CT molecular complexity index is 701. The maximum absolute atomic E-state index is 12.2. The molecular weight excluding hydrogens is 278 g/mol. The first-order valence-electron chi connectivity index (χ1n) is 5.85. The number of nitrogens with zero attached hydrogens (tertiary/aromatic N) is 1. The molecule has 0 saturated heterocycles. The molecule has 0 bridgehead atoms. The van der Waals surface area contributed by atoms with Crippen LogP contribution < -0.4 is 11.1 Å². The van der Waals surface area contributed by atoms with Gasteiger partial charge in [-0.1, -0.05) is 11.2 Å². The highest BCUT2D eigenvalue weighted by Crippen LogP contribution is 2.30. The van der Waals surface area contributed by atoms with E-state index >= 15 is 0 Å². The fourth-order valence-electron chi connectivity index (χ4n) is 1.77. The van der Waals surface area contributed by atoms with Crippen LogP contribution in [-0.2, 0) is 6.54 Å². The van der Waals surface area contributed by atoms with E-state index in [9.17, 15) is 4.79 Å². The molecule has 3 heterocycles. The van der Waals surface area contributed by atoms with Crippen molar-refractivity contribution in [3.05, 3.63) is 47.2 Å². The molecule has 0 aromatic carbocycles. The van der Waals surface area contributed by atoms with Crippen molar-refractivity contribution in [1.29, 1.82) is 0 Å². The van der Waals surface area contributed by atoms with Crippen LogP contribution in [0.5, 0.6) is 0 Å². The predicted molar refractivity (Wildman–Crippen MR) is 74.1 cm³/mol. The van der Waals surface area contributed by atoms with Gasteiger partial charge in [-0.05, 0) is 23.6 Å². The minimum atomic E-state index is -0.344. The quantitative estimate of drug-likeness (QED) is 0.769. The van der Waals surface area contributed by atoms with Gasteiger partial charge in [-0.3, -0.25) is 4.79 Å². The lowest BCUT2D eigenvalue weighted by Crippen LogP contribution is -2.23. The SMILES string of the molecule is Nc1onc(-c2cccs2)c1C(=O)NCc1ccco1. The number of thiophene rings is 1. The normalized spacial score (nSPS) is 10.6. The van der Waals surface area contributed by atoms with Gasteiger partial charge in [-0.15, -0.1) is 11.3 Å². The highest BCUT2D eigenvalue weighted by Gasteiger charge is 2.22. The van der Waals surface area contributed by atoms with E-state index in [1.807, 2.05) is 17.5 Å². The molecule has 7 heteroatoms. The highest BCUT2D eigenvalue weighted by atomic mass is 32.1. The first kappa shape index (κ1) is 12.5. The number of hydrogen-bond donors (Lipinski definition) is 2. The molecule has 0 aliphatic rings. The second kappa shape index (κ2) is 5.22. The van der Waals surface area contributed by atoms with Crippen LogP contribution in [0.1, 0.15) is 16.1 Å². The zero-order chi connectivity index (χ0) is 13.9. The molecule has 1 amide bonds. The number of carbonyl (C=O) groups is 1. The largest absolute Gasteiger partial charge is 0.467 e. The average Bonchev–Trinajstić information content (AvgIpc) is 3.17. The van der Waals surface area contributed by atoms with Crippen molar-refractivity contribution in [1.82, 2.24) is 10.5 Å². The van der Waals surface area contributed by atoms with Crippen LogP contribution in [0.3, 0.4) is 0 Å². The predicted octanol–water partition coefficient (Wildman–Crippen LogP) is 2.51. The summed E-state index contributed by atoms with van der Waals surface area (Å²) in [6.45, 7) is 0.278. The standard InChI is InChI=1S/C13H11N3O3S/c14-12-10(11(16-19-12)9-4-2-6-20-9)13(17)15-7-8-3-1-5-18-8/h1-6H,7,14H2,(H,15,17). The van der Waals surface area contributed by atoms with E-state index in [1.165, 1.54) is 11.3 Å². The van der Waals surface area contributed by atoms with Crippen LogP contribution in [0, 0.1) is 0 Å². The van der Waals surface area contributed by atoms with Crippen molar-refractivity contribution in [2.75, 3.05) is 5.73 Å². The summed E-state index contributed by atoms with van der Waals surface area (Å²) < 4.78 is 10.1. The molecule has 0 radical (unpaired) electrons. The van der Waals surface area contributed by atoms with Crippen LogP contribution in [-0.4, -0.2) is 11.1 Å². The topological polar surface area (TPSA) is 94.3 Å². The van der Waals surface area contributed by atoms with Gasteiger partial charge in [0, 0.05) is 0 Å². The van der Waals surface area contributed by atoms with Gasteiger partial charge in [-0.25, -0.2) is 0 Å². The van der Waals surface area contributed by atoms with E-state index in [2.05, 4.69) is 10.5 Å². The van der Waals surface area contributed by atoms with E-state index in [0.717, 1.165) is 4.88 Å². The molecule has 20 heavy (non-hydrogen) atoms. The summed E-state index contributed by atoms with van der Waals surface area (Å²) in [6, 6.07) is 7.25. The molecule has 3 aromatic rings. The highest BCUT2D eigenvalue weighted by molar-refractivity contribution is 7.13. The minimum absolute atomic E-state index is 0.00495. The summed E-state index contributed by atoms with van der Waals surface area (Å²) in [5.41, 5.74) is 6.39. The summed E-state index contributed by atoms with van der Waals surface area (Å²) in [6.07, 6.45) is 1.55. The Kier molecular flexibility index (Phi) is 3.26. The number of nitrogen functional groups attached to an aromatic ring is 1. The lowest BCUT2D eigenvalue weighted by Gasteiger charge is -2.02. The summed E-state index contributed by atoms with van der Waals surface area (Å²) in [4.78, 5) is 13.0. The van der Waals surface area contributed by atoms with Crippen molar-refractivity contribution >= 4 is 23.1 Å². The molecule has 0 unspecified atom stereocenters. The molecule has 0 spiro atoms. The lowest BCUT2D eigenvalue weighted by molar-refractivity contribution is 0.0949. The molecule has 0 atom stereocenters. The number of nitrogens with one attached hydrogen (secondary N) is 1. The second-order valence-electron chi connectivity index (χ2n) is 4.01. The number of aromatic nitrogens is 1. The summed E-state index contributed by atoms with van der Waals surface area (Å²) >= 11 is 1.46. The maximum atomic E-state index is 12.2. The summed E-state index contributed by atoms with van der Waals surface area (Å²) in [5, 5.41) is 8.47.